The van der Waals surface area contributed by atoms with E-state index in [0.29, 0.717) is 18.5 Å². The van der Waals surface area contributed by atoms with Gasteiger partial charge in [-0.15, -0.1) is 0 Å². The monoisotopic (exact) mass is 345 g/mol. The number of nitrogens with zero attached hydrogens (tertiary/aromatic N) is 2. The number of amides is 2. The Hall–Kier alpha value is -1.92. The van der Waals surface area contributed by atoms with Crippen LogP contribution >= 0.6 is 0 Å². The number of aliphatic hydroxyl groups is 1. The van der Waals surface area contributed by atoms with Crippen molar-refractivity contribution in [1.29, 1.82) is 0 Å². The van der Waals surface area contributed by atoms with Crippen molar-refractivity contribution < 1.29 is 14.7 Å². The van der Waals surface area contributed by atoms with Gasteiger partial charge in [0.25, 0.3) is 0 Å². The summed E-state index contributed by atoms with van der Waals surface area (Å²) in [7, 11) is 1.83. The predicted octanol–water partition coefficient (Wildman–Crippen LogP) is 1.32. The lowest BCUT2D eigenvalue weighted by atomic mass is 9.95. The van der Waals surface area contributed by atoms with Gasteiger partial charge in [-0.2, -0.15) is 0 Å². The molecule has 2 aliphatic heterocycles. The van der Waals surface area contributed by atoms with E-state index < -0.39 is 0 Å². The quantitative estimate of drug-likeness (QED) is 0.844. The second kappa shape index (κ2) is 7.54. The molecule has 3 rings (SSSR count). The topological polar surface area (TPSA) is 72.9 Å². The molecular formula is C19H27N3O3. The lowest BCUT2D eigenvalue weighted by Gasteiger charge is -2.29. The number of carbonyl (C=O) groups excluding carboxylic acids is 2. The van der Waals surface area contributed by atoms with E-state index in [9.17, 15) is 14.7 Å². The van der Waals surface area contributed by atoms with Crippen molar-refractivity contribution in [2.45, 2.75) is 44.4 Å². The lowest BCUT2D eigenvalue weighted by Crippen LogP contribution is -2.42. The van der Waals surface area contributed by atoms with Gasteiger partial charge in [0.2, 0.25) is 11.8 Å². The van der Waals surface area contributed by atoms with Crippen LogP contribution in [0.15, 0.2) is 30.3 Å². The molecule has 0 bridgehead atoms. The average Bonchev–Trinajstić information content (AvgIpc) is 3.10. The van der Waals surface area contributed by atoms with Gasteiger partial charge in [0.05, 0.1) is 6.10 Å². The molecule has 2 unspecified atom stereocenters. The maximum Gasteiger partial charge on any atom is 0.224 e. The molecule has 2 amide bonds. The fourth-order valence-electron chi connectivity index (χ4n) is 4.13. The van der Waals surface area contributed by atoms with Crippen molar-refractivity contribution in [2.75, 3.05) is 25.5 Å². The summed E-state index contributed by atoms with van der Waals surface area (Å²) in [6.45, 7) is 3.66. The standard InChI is InChI=1S/C19H27N3O3/c1-13-16-10-15(23)11-22(16)12-17(13)21(2)19(25)9-8-18(24)20-14-6-4-3-5-7-14/h3-7,13,15-17,23H,8-12H2,1-2H3,(H,20,24)/t13?,15-,16?,17+/m0/s1. The molecule has 0 aromatic heterocycles. The first-order chi connectivity index (χ1) is 12.0. The van der Waals surface area contributed by atoms with Gasteiger partial charge in [-0.1, -0.05) is 25.1 Å². The molecule has 2 fully saturated rings. The van der Waals surface area contributed by atoms with E-state index in [2.05, 4.69) is 17.1 Å². The lowest BCUT2D eigenvalue weighted by molar-refractivity contribution is -0.134. The highest BCUT2D eigenvalue weighted by atomic mass is 16.3. The first-order valence-electron chi connectivity index (χ1n) is 8.98. The third-order valence-electron chi connectivity index (χ3n) is 5.58. The number of aliphatic hydroxyl groups excluding tert-OH is 1. The second-order valence-electron chi connectivity index (χ2n) is 7.26. The van der Waals surface area contributed by atoms with Crippen molar-refractivity contribution in [3.05, 3.63) is 30.3 Å². The summed E-state index contributed by atoms with van der Waals surface area (Å²) in [4.78, 5) is 28.6. The minimum Gasteiger partial charge on any atom is -0.392 e. The minimum atomic E-state index is -0.240. The largest absolute Gasteiger partial charge is 0.392 e. The van der Waals surface area contributed by atoms with Gasteiger partial charge in [0.15, 0.2) is 0 Å². The zero-order valence-electron chi connectivity index (χ0n) is 14.9. The number of hydrogen-bond donors (Lipinski definition) is 2. The van der Waals surface area contributed by atoms with Gasteiger partial charge in [-0.05, 0) is 24.5 Å². The Kier molecular flexibility index (Phi) is 5.39. The summed E-state index contributed by atoms with van der Waals surface area (Å²) in [5.41, 5.74) is 0.747. The van der Waals surface area contributed by atoms with Crippen molar-refractivity contribution in [3.8, 4) is 0 Å². The van der Waals surface area contributed by atoms with Crippen molar-refractivity contribution >= 4 is 17.5 Å². The van der Waals surface area contributed by atoms with Gasteiger partial charge in [-0.3, -0.25) is 14.5 Å². The molecule has 2 saturated heterocycles. The van der Waals surface area contributed by atoms with Gasteiger partial charge in [0, 0.05) is 50.7 Å². The van der Waals surface area contributed by atoms with E-state index in [0.717, 1.165) is 18.7 Å². The van der Waals surface area contributed by atoms with Gasteiger partial charge in [0.1, 0.15) is 0 Å². The smallest absolute Gasteiger partial charge is 0.224 e. The SMILES string of the molecule is CC1C2C[C@H](O)CN2C[C@H]1N(C)C(=O)CCC(=O)Nc1ccccc1. The number of para-hydroxylation sites is 1. The molecule has 1 aromatic carbocycles. The average molecular weight is 345 g/mol. The molecule has 6 nitrogen and oxygen atoms in total. The van der Waals surface area contributed by atoms with E-state index in [-0.39, 0.29) is 36.8 Å². The molecule has 6 heteroatoms. The number of fused-ring (bicyclic) bond motifs is 1. The van der Waals surface area contributed by atoms with E-state index in [1.165, 1.54) is 0 Å². The molecule has 2 N–H and O–H groups in total. The summed E-state index contributed by atoms with van der Waals surface area (Å²) in [6.07, 6.45) is 0.951. The van der Waals surface area contributed by atoms with Crippen LogP contribution in [0.4, 0.5) is 5.69 Å². The highest BCUT2D eigenvalue weighted by molar-refractivity contribution is 5.93. The molecule has 136 valence electrons. The Morgan fingerprint density at radius 3 is 2.64 bits per heavy atom. The third-order valence-corrected chi connectivity index (χ3v) is 5.58. The molecule has 0 spiro atoms. The summed E-state index contributed by atoms with van der Waals surface area (Å²) < 4.78 is 0. The Balaban J connectivity index is 1.47. The molecule has 0 aliphatic carbocycles. The van der Waals surface area contributed by atoms with Crippen LogP contribution in [-0.2, 0) is 9.59 Å². The minimum absolute atomic E-state index is 0.00165. The summed E-state index contributed by atoms with van der Waals surface area (Å²) in [5.74, 6) is 0.196. The second-order valence-corrected chi connectivity index (χ2v) is 7.26. The number of benzene rings is 1. The number of anilines is 1. The zero-order valence-corrected chi connectivity index (χ0v) is 14.9. The number of nitrogens with one attached hydrogen (secondary N) is 1. The summed E-state index contributed by atoms with van der Waals surface area (Å²) >= 11 is 0. The Bertz CT molecular complexity index is 622. The molecular weight excluding hydrogens is 318 g/mol. The summed E-state index contributed by atoms with van der Waals surface area (Å²) in [6, 6.07) is 9.78. The first-order valence-corrected chi connectivity index (χ1v) is 8.98. The molecule has 2 heterocycles. The Labute approximate surface area is 148 Å². The fourth-order valence-corrected chi connectivity index (χ4v) is 4.13. The van der Waals surface area contributed by atoms with Crippen LogP contribution in [0.5, 0.6) is 0 Å². The molecule has 2 aliphatic rings. The Morgan fingerprint density at radius 1 is 1.24 bits per heavy atom. The fraction of sp³-hybridized carbons (Fsp3) is 0.579. The van der Waals surface area contributed by atoms with Gasteiger partial charge >= 0.3 is 0 Å². The van der Waals surface area contributed by atoms with Crippen molar-refractivity contribution in [1.82, 2.24) is 9.80 Å². The third kappa shape index (κ3) is 4.02. The van der Waals surface area contributed by atoms with E-state index >= 15 is 0 Å². The van der Waals surface area contributed by atoms with Crippen LogP contribution in [-0.4, -0.2) is 65.0 Å². The van der Waals surface area contributed by atoms with Gasteiger partial charge < -0.3 is 15.3 Å². The number of rotatable bonds is 5. The van der Waals surface area contributed by atoms with Crippen LogP contribution in [0.2, 0.25) is 0 Å². The van der Waals surface area contributed by atoms with Crippen LogP contribution in [0.3, 0.4) is 0 Å². The highest BCUT2D eigenvalue weighted by Gasteiger charge is 2.46. The number of carbonyl (C=O) groups is 2. The predicted molar refractivity (Wildman–Crippen MR) is 96.0 cm³/mol. The number of likely N-dealkylation sites (N-methyl/N-ethyl adjacent to an activating group) is 1. The van der Waals surface area contributed by atoms with Crippen LogP contribution in [0.1, 0.15) is 26.2 Å². The molecule has 1 aromatic rings. The normalized spacial score (nSPS) is 28.6. The number of hydrogen-bond acceptors (Lipinski definition) is 4. The molecule has 0 saturated carbocycles. The van der Waals surface area contributed by atoms with Gasteiger partial charge in [-0.25, -0.2) is 0 Å². The maximum atomic E-state index is 12.5. The van der Waals surface area contributed by atoms with E-state index in [1.54, 1.807) is 4.90 Å². The highest BCUT2D eigenvalue weighted by Crippen LogP contribution is 2.35. The molecule has 25 heavy (non-hydrogen) atoms. The van der Waals surface area contributed by atoms with Crippen LogP contribution < -0.4 is 5.32 Å². The van der Waals surface area contributed by atoms with Crippen molar-refractivity contribution in [2.24, 2.45) is 5.92 Å². The molecule has 0 radical (unpaired) electrons. The van der Waals surface area contributed by atoms with Crippen LogP contribution in [0.25, 0.3) is 0 Å². The van der Waals surface area contributed by atoms with Crippen molar-refractivity contribution in [3.63, 3.8) is 0 Å². The van der Waals surface area contributed by atoms with Crippen LogP contribution in [0, 0.1) is 5.92 Å². The van der Waals surface area contributed by atoms with E-state index in [4.69, 9.17) is 0 Å². The van der Waals surface area contributed by atoms with E-state index in [1.807, 2.05) is 37.4 Å². The summed E-state index contributed by atoms with van der Waals surface area (Å²) in [5, 5.41) is 12.6. The maximum absolute atomic E-state index is 12.5. The zero-order chi connectivity index (χ0) is 18.0. The molecule has 4 atom stereocenters. The first kappa shape index (κ1) is 17.9. The Morgan fingerprint density at radius 2 is 1.96 bits per heavy atom.